The van der Waals surface area contributed by atoms with Crippen molar-refractivity contribution in [3.63, 3.8) is 0 Å². The van der Waals surface area contributed by atoms with Crippen LogP contribution in [0.25, 0.3) is 0 Å². The van der Waals surface area contributed by atoms with Gasteiger partial charge in [0.05, 0.1) is 10.1 Å². The van der Waals surface area contributed by atoms with Crippen LogP contribution in [-0.2, 0) is 19.3 Å². The van der Waals surface area contributed by atoms with E-state index in [1.807, 2.05) is 45.9 Å². The lowest BCUT2D eigenvalue weighted by Gasteiger charge is -2.33. The number of benzene rings is 1. The fourth-order valence-electron chi connectivity index (χ4n) is 4.71. The monoisotopic (exact) mass is 500 g/mol. The highest BCUT2D eigenvalue weighted by molar-refractivity contribution is 7.92. The molecule has 1 unspecified atom stereocenters. The van der Waals surface area contributed by atoms with Crippen molar-refractivity contribution in [2.24, 2.45) is 5.41 Å². The zero-order valence-electron chi connectivity index (χ0n) is 22.6. The van der Waals surface area contributed by atoms with Gasteiger partial charge in [-0.3, -0.25) is 0 Å². The van der Waals surface area contributed by atoms with Gasteiger partial charge >= 0.3 is 0 Å². The average molecular weight is 501 g/mol. The first-order valence-corrected chi connectivity index (χ1v) is 14.3. The Morgan fingerprint density at radius 1 is 1.06 bits per heavy atom. The molecule has 0 radical (unpaired) electrons. The fourth-order valence-corrected chi connectivity index (χ4v) is 6.47. The second-order valence-corrected chi connectivity index (χ2v) is 12.2. The van der Waals surface area contributed by atoms with Crippen LogP contribution in [0.4, 0.5) is 0 Å². The molecule has 1 aromatic rings. The molecule has 0 spiro atoms. The average Bonchev–Trinajstić information content (AvgIpc) is 2.78. The highest BCUT2D eigenvalue weighted by atomic mass is 32.2. The van der Waals surface area contributed by atoms with Gasteiger partial charge in [0, 0.05) is 13.2 Å². The lowest BCUT2D eigenvalue weighted by atomic mass is 9.72. The molecule has 1 atom stereocenters. The van der Waals surface area contributed by atoms with E-state index < -0.39 is 21.4 Å². The summed E-state index contributed by atoms with van der Waals surface area (Å²) in [6.07, 6.45) is 11.4. The summed E-state index contributed by atoms with van der Waals surface area (Å²) in [7, 11) is -3.57. The molecule has 0 aliphatic heterocycles. The number of hydrogen-bond donors (Lipinski definition) is 0. The molecule has 0 saturated heterocycles. The molecule has 1 aliphatic carbocycles. The molecular weight excluding hydrogens is 456 g/mol. The zero-order valence-corrected chi connectivity index (χ0v) is 23.5. The second-order valence-electron chi connectivity index (χ2n) is 10.1. The first-order chi connectivity index (χ1) is 16.5. The standard InChI is InChI=1S/C30H44O4S/c1-8-33-29(34-9-2)22-24(4)21-27(35(31,32)26-15-11-10-12-16-26)20-23(3)17-18-28-25(5)14-13-19-30(28,6)7/h10-12,15-18,20,22,27,29H,8-9,13-14,19,21H2,1-7H3/b18-17+,23-20+,24-22+. The summed E-state index contributed by atoms with van der Waals surface area (Å²) < 4.78 is 38.6. The van der Waals surface area contributed by atoms with E-state index in [2.05, 4.69) is 32.9 Å². The van der Waals surface area contributed by atoms with Crippen molar-refractivity contribution < 1.29 is 17.9 Å². The maximum atomic E-state index is 13.6. The van der Waals surface area contributed by atoms with Crippen molar-refractivity contribution in [3.8, 4) is 0 Å². The van der Waals surface area contributed by atoms with Crippen LogP contribution >= 0.6 is 0 Å². The maximum Gasteiger partial charge on any atom is 0.185 e. The van der Waals surface area contributed by atoms with Gasteiger partial charge in [-0.25, -0.2) is 8.42 Å². The summed E-state index contributed by atoms with van der Waals surface area (Å²) in [5, 5.41) is -0.691. The third kappa shape index (κ3) is 8.59. The van der Waals surface area contributed by atoms with Crippen LogP contribution in [0.15, 0.2) is 81.8 Å². The largest absolute Gasteiger partial charge is 0.349 e. The molecule has 1 aromatic carbocycles. The minimum atomic E-state index is -3.57. The number of ether oxygens (including phenoxy) is 2. The minimum Gasteiger partial charge on any atom is -0.349 e. The van der Waals surface area contributed by atoms with Gasteiger partial charge in [0.25, 0.3) is 0 Å². The molecule has 194 valence electrons. The summed E-state index contributed by atoms with van der Waals surface area (Å²) in [6, 6.07) is 8.71. The molecule has 0 amide bonds. The molecule has 0 heterocycles. The molecule has 0 fully saturated rings. The predicted octanol–water partition coefficient (Wildman–Crippen LogP) is 7.59. The highest BCUT2D eigenvalue weighted by Crippen LogP contribution is 2.40. The van der Waals surface area contributed by atoms with E-state index in [4.69, 9.17) is 9.47 Å². The Hall–Kier alpha value is -1.95. The molecular formula is C30H44O4S. The number of allylic oxidation sites excluding steroid dienone is 6. The fraction of sp³-hybridized carbons (Fsp3) is 0.533. The molecule has 2 rings (SSSR count). The molecule has 0 saturated carbocycles. The van der Waals surface area contributed by atoms with E-state index in [1.165, 1.54) is 24.0 Å². The third-order valence-corrected chi connectivity index (χ3v) is 8.61. The summed E-state index contributed by atoms with van der Waals surface area (Å²) in [6.45, 7) is 15.6. The first kappa shape index (κ1) is 29.3. The van der Waals surface area contributed by atoms with E-state index in [9.17, 15) is 8.42 Å². The SMILES string of the molecule is CCOC(/C=C(\C)CC(/C=C(C)/C=C/C1=C(C)CCCC1(C)C)S(=O)(=O)c1ccccc1)OCC. The van der Waals surface area contributed by atoms with Crippen molar-refractivity contribution >= 4 is 9.84 Å². The van der Waals surface area contributed by atoms with Crippen molar-refractivity contribution in [2.45, 2.75) is 90.6 Å². The number of sulfone groups is 1. The highest BCUT2D eigenvalue weighted by Gasteiger charge is 2.28. The lowest BCUT2D eigenvalue weighted by Crippen LogP contribution is -2.21. The summed E-state index contributed by atoms with van der Waals surface area (Å²) >= 11 is 0. The van der Waals surface area contributed by atoms with Gasteiger partial charge in [0.15, 0.2) is 16.1 Å². The van der Waals surface area contributed by atoms with E-state index >= 15 is 0 Å². The van der Waals surface area contributed by atoms with Crippen molar-refractivity contribution in [1.29, 1.82) is 0 Å². The predicted molar refractivity (Wildman–Crippen MR) is 146 cm³/mol. The van der Waals surface area contributed by atoms with Crippen LogP contribution < -0.4 is 0 Å². The van der Waals surface area contributed by atoms with Gasteiger partial charge < -0.3 is 9.47 Å². The second kappa shape index (κ2) is 13.4. The zero-order chi connectivity index (χ0) is 26.1. The third-order valence-electron chi connectivity index (χ3n) is 6.58. The van der Waals surface area contributed by atoms with Crippen LogP contribution in [0.2, 0.25) is 0 Å². The van der Waals surface area contributed by atoms with Gasteiger partial charge in [-0.15, -0.1) is 0 Å². The molecule has 0 bridgehead atoms. The van der Waals surface area contributed by atoms with Crippen LogP contribution in [0, 0.1) is 5.41 Å². The van der Waals surface area contributed by atoms with Crippen LogP contribution in [0.1, 0.15) is 74.1 Å². The smallest absolute Gasteiger partial charge is 0.185 e. The Labute approximate surface area is 213 Å². The van der Waals surface area contributed by atoms with Crippen molar-refractivity contribution in [1.82, 2.24) is 0 Å². The molecule has 35 heavy (non-hydrogen) atoms. The van der Waals surface area contributed by atoms with Gasteiger partial charge in [-0.1, -0.05) is 67.0 Å². The summed E-state index contributed by atoms with van der Waals surface area (Å²) in [5.74, 6) is 0. The first-order valence-electron chi connectivity index (χ1n) is 12.8. The Kier molecular flexibility index (Phi) is 11.2. The Balaban J connectivity index is 2.41. The lowest BCUT2D eigenvalue weighted by molar-refractivity contribution is -0.104. The van der Waals surface area contributed by atoms with Crippen LogP contribution in [0.5, 0.6) is 0 Å². The molecule has 0 aromatic heterocycles. The van der Waals surface area contributed by atoms with Crippen LogP contribution in [0.3, 0.4) is 0 Å². The number of hydrogen-bond acceptors (Lipinski definition) is 4. The van der Waals surface area contributed by atoms with Gasteiger partial charge in [-0.2, -0.15) is 0 Å². The Bertz CT molecular complexity index is 1040. The quantitative estimate of drug-likeness (QED) is 0.168. The Morgan fingerprint density at radius 2 is 1.69 bits per heavy atom. The van der Waals surface area contributed by atoms with Gasteiger partial charge in [0.1, 0.15) is 0 Å². The van der Waals surface area contributed by atoms with Crippen molar-refractivity contribution in [2.75, 3.05) is 13.2 Å². The molecule has 1 aliphatic rings. The van der Waals surface area contributed by atoms with E-state index in [1.54, 1.807) is 24.3 Å². The van der Waals surface area contributed by atoms with E-state index in [0.29, 0.717) is 24.5 Å². The molecule has 5 heteroatoms. The van der Waals surface area contributed by atoms with E-state index in [-0.39, 0.29) is 5.41 Å². The van der Waals surface area contributed by atoms with E-state index in [0.717, 1.165) is 17.6 Å². The summed E-state index contributed by atoms with van der Waals surface area (Å²) in [5.41, 5.74) is 4.79. The minimum absolute atomic E-state index is 0.140. The van der Waals surface area contributed by atoms with Gasteiger partial charge in [-0.05, 0) is 89.5 Å². The van der Waals surface area contributed by atoms with Crippen LogP contribution in [-0.4, -0.2) is 33.2 Å². The molecule has 4 nitrogen and oxygen atoms in total. The molecule has 0 N–H and O–H groups in total. The normalized spacial score (nSPS) is 18.5. The Morgan fingerprint density at radius 3 is 2.26 bits per heavy atom. The topological polar surface area (TPSA) is 52.6 Å². The number of rotatable bonds is 12. The summed E-state index contributed by atoms with van der Waals surface area (Å²) in [4.78, 5) is 0.337. The van der Waals surface area contributed by atoms with Crippen molar-refractivity contribution in [3.05, 3.63) is 76.9 Å². The van der Waals surface area contributed by atoms with Gasteiger partial charge in [0.2, 0.25) is 0 Å². The maximum absolute atomic E-state index is 13.6.